The van der Waals surface area contributed by atoms with Crippen LogP contribution in [0.3, 0.4) is 0 Å². The maximum absolute atomic E-state index is 11.9. The fraction of sp³-hybridized carbons (Fsp3) is 0.818. The first kappa shape index (κ1) is 16.9. The van der Waals surface area contributed by atoms with Gasteiger partial charge in [-0.25, -0.2) is 13.2 Å². The van der Waals surface area contributed by atoms with Crippen LogP contribution in [0, 0.1) is 0 Å². The molecule has 0 aromatic carbocycles. The topological polar surface area (TPSA) is 127 Å². The molecule has 1 aliphatic heterocycles. The molecule has 1 unspecified atom stereocenters. The van der Waals surface area contributed by atoms with Crippen LogP contribution in [-0.4, -0.2) is 73.6 Å². The van der Waals surface area contributed by atoms with E-state index in [9.17, 15) is 18.0 Å². The molecular formula is C11H20N2O6S. The SMILES string of the molecule is CC1(OCC(=O)O)CN(C(=O)C(N)CCS(C)(=O)=O)C1. The lowest BCUT2D eigenvalue weighted by molar-refractivity contribution is -0.174. The van der Waals surface area contributed by atoms with Gasteiger partial charge in [-0.15, -0.1) is 0 Å². The highest BCUT2D eigenvalue weighted by Crippen LogP contribution is 2.25. The van der Waals surface area contributed by atoms with Gasteiger partial charge in [0.15, 0.2) is 0 Å². The van der Waals surface area contributed by atoms with Crippen LogP contribution in [-0.2, 0) is 24.2 Å². The number of likely N-dealkylation sites (tertiary alicyclic amines) is 1. The van der Waals surface area contributed by atoms with Gasteiger partial charge in [0, 0.05) is 6.26 Å². The number of amides is 1. The van der Waals surface area contributed by atoms with Gasteiger partial charge in [-0.3, -0.25) is 4.79 Å². The normalized spacial score (nSPS) is 19.2. The number of carbonyl (C=O) groups is 2. The van der Waals surface area contributed by atoms with Gasteiger partial charge in [0.25, 0.3) is 0 Å². The third kappa shape index (κ3) is 5.06. The van der Waals surface area contributed by atoms with Crippen molar-refractivity contribution in [1.82, 2.24) is 4.90 Å². The number of sulfone groups is 1. The molecular weight excluding hydrogens is 288 g/mol. The fourth-order valence-electron chi connectivity index (χ4n) is 1.94. The van der Waals surface area contributed by atoms with Gasteiger partial charge in [0.05, 0.1) is 24.9 Å². The Morgan fingerprint density at radius 2 is 2.00 bits per heavy atom. The number of hydrogen-bond acceptors (Lipinski definition) is 6. The molecule has 0 aliphatic carbocycles. The Morgan fingerprint density at radius 3 is 2.45 bits per heavy atom. The van der Waals surface area contributed by atoms with E-state index in [-0.39, 0.29) is 31.2 Å². The Bertz CT molecular complexity index is 483. The molecule has 1 atom stereocenters. The predicted molar refractivity (Wildman–Crippen MR) is 70.9 cm³/mol. The summed E-state index contributed by atoms with van der Waals surface area (Å²) in [5, 5.41) is 8.52. The molecule has 20 heavy (non-hydrogen) atoms. The molecule has 0 saturated carbocycles. The molecule has 0 spiro atoms. The van der Waals surface area contributed by atoms with Crippen molar-refractivity contribution in [2.24, 2.45) is 5.73 Å². The lowest BCUT2D eigenvalue weighted by Crippen LogP contribution is -2.65. The van der Waals surface area contributed by atoms with Crippen LogP contribution < -0.4 is 5.73 Å². The minimum Gasteiger partial charge on any atom is -0.480 e. The minimum atomic E-state index is -3.15. The number of carboxylic acid groups (broad SMARTS) is 1. The molecule has 3 N–H and O–H groups in total. The molecule has 1 rings (SSSR count). The zero-order valence-corrected chi connectivity index (χ0v) is 12.4. The van der Waals surface area contributed by atoms with Gasteiger partial charge in [0.1, 0.15) is 22.0 Å². The molecule has 0 radical (unpaired) electrons. The average Bonchev–Trinajstić information content (AvgIpc) is 2.28. The Hall–Kier alpha value is -1.19. The van der Waals surface area contributed by atoms with Gasteiger partial charge < -0.3 is 20.5 Å². The van der Waals surface area contributed by atoms with E-state index in [0.29, 0.717) is 0 Å². The number of nitrogens with zero attached hydrogens (tertiary/aromatic N) is 1. The third-order valence-corrected chi connectivity index (χ3v) is 4.00. The third-order valence-electron chi connectivity index (χ3n) is 3.02. The van der Waals surface area contributed by atoms with Crippen LogP contribution in [0.25, 0.3) is 0 Å². The van der Waals surface area contributed by atoms with Crippen molar-refractivity contribution in [3.05, 3.63) is 0 Å². The highest BCUT2D eigenvalue weighted by Gasteiger charge is 2.43. The largest absolute Gasteiger partial charge is 0.480 e. The van der Waals surface area contributed by atoms with Crippen LogP contribution in [0.2, 0.25) is 0 Å². The average molecular weight is 308 g/mol. The maximum Gasteiger partial charge on any atom is 0.329 e. The summed E-state index contributed by atoms with van der Waals surface area (Å²) in [5.41, 5.74) is 4.98. The number of rotatable bonds is 7. The van der Waals surface area contributed by atoms with E-state index in [1.807, 2.05) is 0 Å². The molecule has 0 aromatic heterocycles. The minimum absolute atomic E-state index is 0.0703. The van der Waals surface area contributed by atoms with Gasteiger partial charge >= 0.3 is 5.97 Å². The summed E-state index contributed by atoms with van der Waals surface area (Å²) < 4.78 is 27.2. The van der Waals surface area contributed by atoms with Gasteiger partial charge in [-0.2, -0.15) is 0 Å². The molecule has 9 heteroatoms. The second kappa shape index (κ2) is 6.06. The summed E-state index contributed by atoms with van der Waals surface area (Å²) >= 11 is 0. The van der Waals surface area contributed by atoms with Crippen molar-refractivity contribution in [2.45, 2.75) is 25.0 Å². The molecule has 1 amide bonds. The number of ether oxygens (including phenoxy) is 1. The van der Waals surface area contributed by atoms with E-state index in [2.05, 4.69) is 0 Å². The predicted octanol–water partition coefficient (Wildman–Crippen LogP) is -1.55. The van der Waals surface area contributed by atoms with E-state index in [4.69, 9.17) is 15.6 Å². The number of nitrogens with two attached hydrogens (primary N) is 1. The summed E-state index contributed by atoms with van der Waals surface area (Å²) in [5.74, 6) is -1.55. The first-order valence-electron chi connectivity index (χ1n) is 6.10. The zero-order valence-electron chi connectivity index (χ0n) is 11.5. The second-order valence-corrected chi connectivity index (χ2v) is 7.61. The molecule has 1 saturated heterocycles. The van der Waals surface area contributed by atoms with Crippen LogP contribution >= 0.6 is 0 Å². The van der Waals surface area contributed by atoms with Crippen LogP contribution in [0.15, 0.2) is 0 Å². The van der Waals surface area contributed by atoms with Crippen molar-refractivity contribution in [1.29, 1.82) is 0 Å². The summed E-state index contributed by atoms with van der Waals surface area (Å²) in [6.07, 6.45) is 1.16. The summed E-state index contributed by atoms with van der Waals surface area (Å²) in [6, 6.07) is -0.867. The van der Waals surface area contributed by atoms with Gasteiger partial charge in [-0.1, -0.05) is 0 Å². The zero-order chi connectivity index (χ0) is 15.6. The highest BCUT2D eigenvalue weighted by molar-refractivity contribution is 7.90. The van der Waals surface area contributed by atoms with E-state index < -0.39 is 34.1 Å². The number of aliphatic carboxylic acids is 1. The number of carbonyl (C=O) groups excluding carboxylic acids is 1. The molecule has 1 fully saturated rings. The van der Waals surface area contributed by atoms with Crippen molar-refractivity contribution in [2.75, 3.05) is 31.7 Å². The summed E-state index contributed by atoms with van der Waals surface area (Å²) in [4.78, 5) is 23.7. The molecule has 0 aromatic rings. The smallest absolute Gasteiger partial charge is 0.329 e. The molecule has 1 heterocycles. The van der Waals surface area contributed by atoms with Crippen molar-refractivity contribution in [3.63, 3.8) is 0 Å². The molecule has 8 nitrogen and oxygen atoms in total. The Balaban J connectivity index is 2.39. The van der Waals surface area contributed by atoms with Gasteiger partial charge in [0.2, 0.25) is 5.91 Å². The molecule has 0 bridgehead atoms. The first-order chi connectivity index (χ1) is 9.02. The van der Waals surface area contributed by atoms with Crippen molar-refractivity contribution < 1.29 is 27.9 Å². The number of hydrogen-bond donors (Lipinski definition) is 2. The standard InChI is InChI=1S/C11H20N2O6S/c1-11(19-5-9(14)15)6-13(7-11)10(16)8(12)3-4-20(2,17)18/h8H,3-7,12H2,1-2H3,(H,14,15). The van der Waals surface area contributed by atoms with E-state index in [1.54, 1.807) is 6.92 Å². The lowest BCUT2D eigenvalue weighted by atomic mass is 9.95. The summed E-state index contributed by atoms with van der Waals surface area (Å²) in [7, 11) is -3.15. The second-order valence-electron chi connectivity index (χ2n) is 5.35. The van der Waals surface area contributed by atoms with Crippen molar-refractivity contribution >= 4 is 21.7 Å². The van der Waals surface area contributed by atoms with Crippen LogP contribution in [0.1, 0.15) is 13.3 Å². The molecule has 116 valence electrons. The van der Waals surface area contributed by atoms with E-state index in [0.717, 1.165) is 6.26 Å². The fourth-order valence-corrected chi connectivity index (χ4v) is 2.63. The van der Waals surface area contributed by atoms with Crippen molar-refractivity contribution in [3.8, 4) is 0 Å². The van der Waals surface area contributed by atoms with Gasteiger partial charge in [-0.05, 0) is 13.3 Å². The Kier molecular flexibility index (Phi) is 5.11. The lowest BCUT2D eigenvalue weighted by Gasteiger charge is -2.47. The maximum atomic E-state index is 11.9. The first-order valence-corrected chi connectivity index (χ1v) is 8.16. The highest BCUT2D eigenvalue weighted by atomic mass is 32.2. The monoisotopic (exact) mass is 308 g/mol. The van der Waals surface area contributed by atoms with Crippen LogP contribution in [0.5, 0.6) is 0 Å². The van der Waals surface area contributed by atoms with E-state index >= 15 is 0 Å². The van der Waals surface area contributed by atoms with Crippen LogP contribution in [0.4, 0.5) is 0 Å². The quantitative estimate of drug-likeness (QED) is 0.583. The number of carboxylic acids is 1. The van der Waals surface area contributed by atoms with E-state index in [1.165, 1.54) is 4.90 Å². The molecule has 1 aliphatic rings. The Labute approximate surface area is 117 Å². The summed E-state index contributed by atoms with van der Waals surface area (Å²) in [6.45, 7) is 1.80. The Morgan fingerprint density at radius 1 is 1.45 bits per heavy atom.